The lowest BCUT2D eigenvalue weighted by Gasteiger charge is -2.32. The van der Waals surface area contributed by atoms with Crippen LogP contribution in [0.5, 0.6) is 0 Å². The van der Waals surface area contributed by atoms with Crippen LogP contribution in [0.15, 0.2) is 22.5 Å². The highest BCUT2D eigenvalue weighted by atomic mass is 127. The second-order valence-electron chi connectivity index (χ2n) is 7.02. The maximum atomic E-state index is 12.7. The van der Waals surface area contributed by atoms with Gasteiger partial charge in [0.1, 0.15) is 0 Å². The van der Waals surface area contributed by atoms with Gasteiger partial charge in [0.2, 0.25) is 0 Å². The minimum Gasteiger partial charge on any atom is -0.356 e. The van der Waals surface area contributed by atoms with Crippen LogP contribution in [0.25, 0.3) is 0 Å². The zero-order valence-corrected chi connectivity index (χ0v) is 18.0. The number of alkyl halides is 3. The standard InChI is InChI=1S/C17H26F3N3S.HI/c1-16(2,14-5-4-10-24-14)11-22-15(21-3)23-13-8-6-12(7-9-13)17(18,19)20;/h4-5,10,12-13H,6-9,11H2,1-3H3,(H2,21,22,23);1H. The fourth-order valence-electron chi connectivity index (χ4n) is 3.01. The van der Waals surface area contributed by atoms with Crippen molar-refractivity contribution < 1.29 is 13.2 Å². The predicted molar refractivity (Wildman–Crippen MR) is 109 cm³/mol. The Morgan fingerprint density at radius 2 is 1.88 bits per heavy atom. The van der Waals surface area contributed by atoms with Crippen LogP contribution in [0.3, 0.4) is 0 Å². The van der Waals surface area contributed by atoms with Gasteiger partial charge in [0.05, 0.1) is 5.92 Å². The summed E-state index contributed by atoms with van der Waals surface area (Å²) < 4.78 is 38.2. The van der Waals surface area contributed by atoms with Gasteiger partial charge in [0, 0.05) is 29.9 Å². The Kier molecular flexibility index (Phi) is 8.50. The molecule has 144 valence electrons. The Morgan fingerprint density at radius 3 is 2.36 bits per heavy atom. The lowest BCUT2D eigenvalue weighted by Crippen LogP contribution is -2.48. The summed E-state index contributed by atoms with van der Waals surface area (Å²) in [6.45, 7) is 5.03. The van der Waals surface area contributed by atoms with Gasteiger partial charge in [-0.3, -0.25) is 4.99 Å². The molecule has 0 aliphatic heterocycles. The van der Waals surface area contributed by atoms with Gasteiger partial charge < -0.3 is 10.6 Å². The molecule has 0 radical (unpaired) electrons. The lowest BCUT2D eigenvalue weighted by molar-refractivity contribution is -0.182. The van der Waals surface area contributed by atoms with Crippen LogP contribution >= 0.6 is 35.3 Å². The number of hydrogen-bond donors (Lipinski definition) is 2. The summed E-state index contributed by atoms with van der Waals surface area (Å²) in [4.78, 5) is 5.50. The molecule has 0 amide bonds. The lowest BCUT2D eigenvalue weighted by atomic mass is 9.85. The zero-order chi connectivity index (χ0) is 17.8. The van der Waals surface area contributed by atoms with E-state index >= 15 is 0 Å². The van der Waals surface area contributed by atoms with E-state index in [9.17, 15) is 13.2 Å². The Balaban J connectivity index is 0.00000312. The highest BCUT2D eigenvalue weighted by molar-refractivity contribution is 14.0. The molecule has 0 aromatic carbocycles. The maximum absolute atomic E-state index is 12.7. The molecule has 1 aromatic heterocycles. The van der Waals surface area contributed by atoms with E-state index in [1.54, 1.807) is 18.4 Å². The number of thiophene rings is 1. The van der Waals surface area contributed by atoms with Crippen molar-refractivity contribution >= 4 is 41.3 Å². The number of halogens is 4. The van der Waals surface area contributed by atoms with E-state index in [1.165, 1.54) is 4.88 Å². The second-order valence-corrected chi connectivity index (χ2v) is 7.97. The van der Waals surface area contributed by atoms with E-state index in [1.807, 2.05) is 6.07 Å². The van der Waals surface area contributed by atoms with Crippen LogP contribution in [-0.2, 0) is 5.41 Å². The molecule has 1 heterocycles. The van der Waals surface area contributed by atoms with Gasteiger partial charge in [-0.2, -0.15) is 13.2 Å². The number of guanidine groups is 1. The number of aliphatic imine (C=N–C) groups is 1. The first-order chi connectivity index (χ1) is 11.2. The molecule has 3 nitrogen and oxygen atoms in total. The van der Waals surface area contributed by atoms with Crippen LogP contribution in [0.2, 0.25) is 0 Å². The molecule has 2 rings (SSSR count). The van der Waals surface area contributed by atoms with Crippen LogP contribution in [0, 0.1) is 5.92 Å². The van der Waals surface area contributed by atoms with Gasteiger partial charge in [-0.15, -0.1) is 35.3 Å². The number of hydrogen-bond acceptors (Lipinski definition) is 2. The highest BCUT2D eigenvalue weighted by Gasteiger charge is 2.41. The van der Waals surface area contributed by atoms with Crippen molar-refractivity contribution in [3.63, 3.8) is 0 Å². The molecule has 1 aliphatic carbocycles. The van der Waals surface area contributed by atoms with Crippen LogP contribution in [0.1, 0.15) is 44.4 Å². The third kappa shape index (κ3) is 6.62. The normalized spacial score (nSPS) is 22.2. The quantitative estimate of drug-likeness (QED) is 0.358. The molecule has 1 fully saturated rings. The number of nitrogens with one attached hydrogen (secondary N) is 2. The molecular formula is C17H27F3IN3S. The maximum Gasteiger partial charge on any atom is 0.391 e. The molecule has 0 atom stereocenters. The van der Waals surface area contributed by atoms with E-state index < -0.39 is 12.1 Å². The fourth-order valence-corrected chi connectivity index (χ4v) is 3.86. The molecule has 1 saturated carbocycles. The fraction of sp³-hybridized carbons (Fsp3) is 0.706. The second kappa shape index (κ2) is 9.43. The monoisotopic (exact) mass is 489 g/mol. The third-order valence-electron chi connectivity index (χ3n) is 4.64. The van der Waals surface area contributed by atoms with Crippen molar-refractivity contribution in [2.45, 2.75) is 57.2 Å². The van der Waals surface area contributed by atoms with E-state index in [4.69, 9.17) is 0 Å². The summed E-state index contributed by atoms with van der Waals surface area (Å²) in [6.07, 6.45) is -2.62. The summed E-state index contributed by atoms with van der Waals surface area (Å²) in [7, 11) is 1.69. The topological polar surface area (TPSA) is 36.4 Å². The SMILES string of the molecule is CN=C(NCC(C)(C)c1cccs1)NC1CCC(C(F)(F)F)CC1.I. The molecule has 0 bridgehead atoms. The first-order valence-electron chi connectivity index (χ1n) is 8.30. The molecule has 1 aliphatic rings. The van der Waals surface area contributed by atoms with Crippen molar-refractivity contribution in [1.29, 1.82) is 0 Å². The van der Waals surface area contributed by atoms with Crippen LogP contribution in [0.4, 0.5) is 13.2 Å². The smallest absolute Gasteiger partial charge is 0.356 e. The van der Waals surface area contributed by atoms with Gasteiger partial charge in [0.15, 0.2) is 5.96 Å². The Labute approximate surface area is 168 Å². The largest absolute Gasteiger partial charge is 0.391 e. The first kappa shape index (κ1) is 22.5. The molecule has 8 heteroatoms. The van der Waals surface area contributed by atoms with E-state index in [2.05, 4.69) is 40.9 Å². The van der Waals surface area contributed by atoms with Crippen molar-refractivity contribution in [3.8, 4) is 0 Å². The van der Waals surface area contributed by atoms with Crippen LogP contribution in [-0.4, -0.2) is 31.8 Å². The van der Waals surface area contributed by atoms with Crippen molar-refractivity contribution in [2.75, 3.05) is 13.6 Å². The molecular weight excluding hydrogens is 462 g/mol. The Hall–Kier alpha value is -0.510. The highest BCUT2D eigenvalue weighted by Crippen LogP contribution is 2.37. The number of rotatable bonds is 4. The van der Waals surface area contributed by atoms with Crippen molar-refractivity contribution in [3.05, 3.63) is 22.4 Å². The molecule has 25 heavy (non-hydrogen) atoms. The Bertz CT molecular complexity index is 536. The van der Waals surface area contributed by atoms with E-state index in [0.717, 1.165) is 0 Å². The third-order valence-corrected chi connectivity index (χ3v) is 5.88. The summed E-state index contributed by atoms with van der Waals surface area (Å²) >= 11 is 1.72. The molecule has 0 spiro atoms. The summed E-state index contributed by atoms with van der Waals surface area (Å²) in [6, 6.07) is 4.20. The molecule has 0 unspecified atom stereocenters. The first-order valence-corrected chi connectivity index (χ1v) is 9.18. The van der Waals surface area contributed by atoms with E-state index in [-0.39, 0.29) is 48.3 Å². The van der Waals surface area contributed by atoms with Gasteiger partial charge in [-0.1, -0.05) is 19.9 Å². The molecule has 2 N–H and O–H groups in total. The minimum atomic E-state index is -4.06. The minimum absolute atomic E-state index is 0. The van der Waals surface area contributed by atoms with Crippen molar-refractivity contribution in [1.82, 2.24) is 10.6 Å². The van der Waals surface area contributed by atoms with Gasteiger partial charge in [-0.25, -0.2) is 0 Å². The Morgan fingerprint density at radius 1 is 1.24 bits per heavy atom. The van der Waals surface area contributed by atoms with Gasteiger partial charge >= 0.3 is 6.18 Å². The summed E-state index contributed by atoms with van der Waals surface area (Å²) in [5.74, 6) is -0.488. The predicted octanol–water partition coefficient (Wildman–Crippen LogP) is 4.93. The van der Waals surface area contributed by atoms with Gasteiger partial charge in [-0.05, 0) is 37.1 Å². The van der Waals surface area contributed by atoms with Crippen molar-refractivity contribution in [2.24, 2.45) is 10.9 Å². The van der Waals surface area contributed by atoms with Crippen LogP contribution < -0.4 is 10.6 Å². The average molecular weight is 489 g/mol. The summed E-state index contributed by atoms with van der Waals surface area (Å²) in [5, 5.41) is 8.64. The summed E-state index contributed by atoms with van der Waals surface area (Å²) in [5.41, 5.74) is -0.0280. The zero-order valence-electron chi connectivity index (χ0n) is 14.8. The molecule has 0 saturated heterocycles. The average Bonchev–Trinajstić information content (AvgIpc) is 3.06. The number of nitrogens with zero attached hydrogens (tertiary/aromatic N) is 1. The molecule has 1 aromatic rings. The van der Waals surface area contributed by atoms with E-state index in [0.29, 0.717) is 25.3 Å². The van der Waals surface area contributed by atoms with Gasteiger partial charge in [0.25, 0.3) is 0 Å².